The number of amides is 1. The summed E-state index contributed by atoms with van der Waals surface area (Å²) in [5.41, 5.74) is 4.35. The molecule has 0 aliphatic rings. The standard InChI is InChI=1S/C24H19N3O4/c1-2-27-20-6-4-3-5-17(20)18-12-16(8-9-21(18)27)26-23(28)13-30-24(29)15-7-10-22-19(11-15)25-14-31-22/h3-12,14H,2,13H2,1H3,(H,26,28). The molecule has 154 valence electrons. The van der Waals surface area contributed by atoms with Gasteiger partial charge in [0.15, 0.2) is 18.6 Å². The van der Waals surface area contributed by atoms with Crippen molar-refractivity contribution in [1.82, 2.24) is 9.55 Å². The fraction of sp³-hybridized carbons (Fsp3) is 0.125. The van der Waals surface area contributed by atoms with E-state index in [2.05, 4.69) is 33.9 Å². The number of aryl methyl sites for hydroxylation is 1. The van der Waals surface area contributed by atoms with Crippen LogP contribution in [0.15, 0.2) is 71.5 Å². The van der Waals surface area contributed by atoms with Crippen LogP contribution in [0.3, 0.4) is 0 Å². The number of para-hydroxylation sites is 1. The minimum absolute atomic E-state index is 0.308. The third-order valence-corrected chi connectivity index (χ3v) is 5.27. The van der Waals surface area contributed by atoms with E-state index in [1.54, 1.807) is 18.2 Å². The molecule has 5 aromatic rings. The summed E-state index contributed by atoms with van der Waals surface area (Å²) in [4.78, 5) is 28.6. The second-order valence-electron chi connectivity index (χ2n) is 7.15. The fourth-order valence-corrected chi connectivity index (χ4v) is 3.87. The number of carbonyl (C=O) groups excluding carboxylic acids is 2. The Labute approximate surface area is 177 Å². The maximum Gasteiger partial charge on any atom is 0.338 e. The van der Waals surface area contributed by atoms with Crippen LogP contribution in [-0.4, -0.2) is 28.0 Å². The Morgan fingerprint density at radius 2 is 1.87 bits per heavy atom. The highest BCUT2D eigenvalue weighted by molar-refractivity contribution is 6.10. The molecule has 0 saturated carbocycles. The molecule has 0 unspecified atom stereocenters. The SMILES string of the molecule is CCn1c2ccccc2c2cc(NC(=O)COC(=O)c3ccc4ocnc4c3)ccc21. The molecule has 3 aromatic carbocycles. The van der Waals surface area contributed by atoms with Gasteiger partial charge < -0.3 is 19.0 Å². The zero-order valence-corrected chi connectivity index (χ0v) is 16.8. The molecule has 5 rings (SSSR count). The summed E-state index contributed by atoms with van der Waals surface area (Å²) >= 11 is 0. The van der Waals surface area contributed by atoms with Crippen molar-refractivity contribution >= 4 is 50.5 Å². The van der Waals surface area contributed by atoms with E-state index in [1.807, 2.05) is 30.3 Å². The second-order valence-corrected chi connectivity index (χ2v) is 7.15. The van der Waals surface area contributed by atoms with Crippen LogP contribution in [0, 0.1) is 0 Å². The van der Waals surface area contributed by atoms with Crippen molar-refractivity contribution in [3.63, 3.8) is 0 Å². The van der Waals surface area contributed by atoms with E-state index in [1.165, 1.54) is 6.39 Å². The first-order chi connectivity index (χ1) is 15.1. The van der Waals surface area contributed by atoms with Gasteiger partial charge in [-0.25, -0.2) is 9.78 Å². The van der Waals surface area contributed by atoms with Crippen LogP contribution in [-0.2, 0) is 16.1 Å². The van der Waals surface area contributed by atoms with Crippen LogP contribution in [0.4, 0.5) is 5.69 Å². The largest absolute Gasteiger partial charge is 0.452 e. The van der Waals surface area contributed by atoms with Crippen LogP contribution in [0.1, 0.15) is 17.3 Å². The minimum Gasteiger partial charge on any atom is -0.452 e. The number of ether oxygens (including phenoxy) is 1. The molecule has 0 atom stereocenters. The number of fused-ring (bicyclic) bond motifs is 4. The Balaban J connectivity index is 1.30. The molecule has 7 heteroatoms. The molecular formula is C24H19N3O4. The van der Waals surface area contributed by atoms with Crippen molar-refractivity contribution in [1.29, 1.82) is 0 Å². The van der Waals surface area contributed by atoms with Crippen LogP contribution in [0.2, 0.25) is 0 Å². The lowest BCUT2D eigenvalue weighted by atomic mass is 10.1. The maximum atomic E-state index is 12.4. The molecule has 1 N–H and O–H groups in total. The quantitative estimate of drug-likeness (QED) is 0.420. The minimum atomic E-state index is -0.596. The smallest absolute Gasteiger partial charge is 0.338 e. The summed E-state index contributed by atoms with van der Waals surface area (Å²) in [7, 11) is 0. The van der Waals surface area contributed by atoms with E-state index in [-0.39, 0.29) is 6.61 Å². The van der Waals surface area contributed by atoms with Crippen molar-refractivity contribution in [3.8, 4) is 0 Å². The molecular weight excluding hydrogens is 394 g/mol. The molecule has 2 heterocycles. The Morgan fingerprint density at radius 1 is 1.03 bits per heavy atom. The predicted molar refractivity (Wildman–Crippen MR) is 118 cm³/mol. The number of benzene rings is 3. The van der Waals surface area contributed by atoms with Gasteiger partial charge in [0.1, 0.15) is 5.52 Å². The van der Waals surface area contributed by atoms with Crippen molar-refractivity contribution in [2.24, 2.45) is 0 Å². The number of oxazole rings is 1. The highest BCUT2D eigenvalue weighted by atomic mass is 16.5. The van der Waals surface area contributed by atoms with Gasteiger partial charge in [-0.2, -0.15) is 0 Å². The molecule has 0 aliphatic carbocycles. The van der Waals surface area contributed by atoms with E-state index in [0.717, 1.165) is 28.4 Å². The van der Waals surface area contributed by atoms with E-state index < -0.39 is 11.9 Å². The molecule has 31 heavy (non-hydrogen) atoms. The number of nitrogens with zero attached hydrogens (tertiary/aromatic N) is 2. The normalized spacial score (nSPS) is 11.3. The van der Waals surface area contributed by atoms with Gasteiger partial charge in [0.2, 0.25) is 0 Å². The van der Waals surface area contributed by atoms with Crippen LogP contribution >= 0.6 is 0 Å². The molecule has 1 amide bonds. The summed E-state index contributed by atoms with van der Waals surface area (Å²) in [5.74, 6) is -1.00. The van der Waals surface area contributed by atoms with Crippen LogP contribution < -0.4 is 5.32 Å². The number of carbonyl (C=O) groups is 2. The van der Waals surface area contributed by atoms with Gasteiger partial charge >= 0.3 is 5.97 Å². The van der Waals surface area contributed by atoms with E-state index in [0.29, 0.717) is 22.4 Å². The number of hydrogen-bond donors (Lipinski definition) is 1. The van der Waals surface area contributed by atoms with E-state index in [9.17, 15) is 9.59 Å². The van der Waals surface area contributed by atoms with Crippen molar-refractivity contribution in [2.75, 3.05) is 11.9 Å². The Bertz CT molecular complexity index is 1450. The first-order valence-corrected chi connectivity index (χ1v) is 9.95. The van der Waals surface area contributed by atoms with Gasteiger partial charge in [-0.15, -0.1) is 0 Å². The predicted octanol–water partition coefficient (Wildman–Crippen LogP) is 4.75. The van der Waals surface area contributed by atoms with Crippen molar-refractivity contribution < 1.29 is 18.7 Å². The van der Waals surface area contributed by atoms with Crippen molar-refractivity contribution in [2.45, 2.75) is 13.5 Å². The highest BCUT2D eigenvalue weighted by Crippen LogP contribution is 2.31. The molecule has 0 saturated heterocycles. The van der Waals surface area contributed by atoms with E-state index in [4.69, 9.17) is 9.15 Å². The number of esters is 1. The molecule has 0 fully saturated rings. The first-order valence-electron chi connectivity index (χ1n) is 9.95. The van der Waals surface area contributed by atoms with E-state index >= 15 is 0 Å². The fourth-order valence-electron chi connectivity index (χ4n) is 3.87. The summed E-state index contributed by atoms with van der Waals surface area (Å²) < 4.78 is 12.5. The molecule has 0 radical (unpaired) electrons. The van der Waals surface area contributed by atoms with Gasteiger partial charge in [-0.3, -0.25) is 4.79 Å². The lowest BCUT2D eigenvalue weighted by Gasteiger charge is -2.08. The number of rotatable bonds is 5. The second kappa shape index (κ2) is 7.60. The third-order valence-electron chi connectivity index (χ3n) is 5.27. The Hall–Kier alpha value is -4.13. The lowest BCUT2D eigenvalue weighted by Crippen LogP contribution is -2.20. The zero-order valence-electron chi connectivity index (χ0n) is 16.8. The van der Waals surface area contributed by atoms with Gasteiger partial charge in [-0.1, -0.05) is 18.2 Å². The topological polar surface area (TPSA) is 86.4 Å². The van der Waals surface area contributed by atoms with Gasteiger partial charge in [0.25, 0.3) is 5.91 Å². The average molecular weight is 413 g/mol. The molecule has 2 aromatic heterocycles. The highest BCUT2D eigenvalue weighted by Gasteiger charge is 2.14. The number of aromatic nitrogens is 2. The monoisotopic (exact) mass is 413 g/mol. The van der Waals surface area contributed by atoms with Gasteiger partial charge in [-0.05, 0) is 49.4 Å². The molecule has 0 aliphatic heterocycles. The summed E-state index contributed by atoms with van der Waals surface area (Å²) in [6.45, 7) is 2.58. The third kappa shape index (κ3) is 3.40. The summed E-state index contributed by atoms with van der Waals surface area (Å²) in [6, 6.07) is 18.8. The van der Waals surface area contributed by atoms with Crippen LogP contribution in [0.5, 0.6) is 0 Å². The molecule has 7 nitrogen and oxygen atoms in total. The number of nitrogens with one attached hydrogen (secondary N) is 1. The first kappa shape index (κ1) is 18.9. The zero-order chi connectivity index (χ0) is 21.4. The van der Waals surface area contributed by atoms with Crippen molar-refractivity contribution in [3.05, 3.63) is 72.6 Å². The van der Waals surface area contributed by atoms with Gasteiger partial charge in [0, 0.05) is 34.0 Å². The average Bonchev–Trinajstić information content (AvgIpc) is 3.39. The number of anilines is 1. The Kier molecular flexibility index (Phi) is 4.63. The maximum absolute atomic E-state index is 12.4. The van der Waals surface area contributed by atoms with Crippen LogP contribution in [0.25, 0.3) is 32.9 Å². The van der Waals surface area contributed by atoms with Gasteiger partial charge in [0.05, 0.1) is 5.56 Å². The Morgan fingerprint density at radius 3 is 2.74 bits per heavy atom. The summed E-state index contributed by atoms with van der Waals surface area (Å²) in [5, 5.41) is 5.00. The number of hydrogen-bond acceptors (Lipinski definition) is 5. The molecule has 0 spiro atoms. The summed E-state index contributed by atoms with van der Waals surface area (Å²) in [6.07, 6.45) is 1.31. The lowest BCUT2D eigenvalue weighted by molar-refractivity contribution is -0.119. The molecule has 0 bridgehead atoms.